The van der Waals surface area contributed by atoms with Crippen LogP contribution in [0.2, 0.25) is 0 Å². The number of nitrogens with one attached hydrogen (secondary N) is 2. The number of ether oxygens (including phenoxy) is 1. The van der Waals surface area contributed by atoms with Gasteiger partial charge in [-0.3, -0.25) is 9.59 Å². The molecule has 2 aliphatic rings. The van der Waals surface area contributed by atoms with Gasteiger partial charge >= 0.3 is 0 Å². The van der Waals surface area contributed by atoms with E-state index in [1.807, 2.05) is 6.07 Å². The largest absolute Gasteiger partial charge is 0.494 e. The molecule has 10 heteroatoms. The molecule has 1 unspecified atom stereocenters. The number of pyridine rings is 1. The van der Waals surface area contributed by atoms with Gasteiger partial charge in [0.15, 0.2) is 17.7 Å². The van der Waals surface area contributed by atoms with Gasteiger partial charge in [0.25, 0.3) is 11.5 Å². The Morgan fingerprint density at radius 2 is 2.09 bits per heavy atom. The van der Waals surface area contributed by atoms with Gasteiger partial charge in [0.2, 0.25) is 0 Å². The number of oxime groups is 1. The van der Waals surface area contributed by atoms with E-state index in [9.17, 15) is 14.0 Å². The Kier molecular flexibility index (Phi) is 6.02. The first-order chi connectivity index (χ1) is 16.9. The number of aromatic amines is 1. The van der Waals surface area contributed by atoms with Crippen LogP contribution in [-0.4, -0.2) is 33.7 Å². The summed E-state index contributed by atoms with van der Waals surface area (Å²) >= 11 is 0. The lowest BCUT2D eigenvalue weighted by Crippen LogP contribution is -2.25. The minimum Gasteiger partial charge on any atom is -0.494 e. The minimum atomic E-state index is -0.470. The average Bonchev–Trinajstić information content (AvgIpc) is 3.58. The van der Waals surface area contributed by atoms with Crippen molar-refractivity contribution < 1.29 is 18.8 Å². The number of aromatic nitrogens is 3. The topological polar surface area (TPSA) is 119 Å². The molecule has 0 saturated heterocycles. The highest BCUT2D eigenvalue weighted by Gasteiger charge is 2.30. The predicted molar refractivity (Wildman–Crippen MR) is 125 cm³/mol. The Morgan fingerprint density at radius 1 is 1.26 bits per heavy atom. The fraction of sp³-hybridized carbons (Fsp3) is 0.320. The van der Waals surface area contributed by atoms with Crippen molar-refractivity contribution in [2.75, 3.05) is 7.11 Å². The van der Waals surface area contributed by atoms with Crippen LogP contribution in [0.15, 0.2) is 46.5 Å². The Balaban J connectivity index is 1.28. The summed E-state index contributed by atoms with van der Waals surface area (Å²) in [5, 5.41) is 6.97. The first-order valence-electron chi connectivity index (χ1n) is 11.3. The second-order valence-corrected chi connectivity index (χ2v) is 8.67. The summed E-state index contributed by atoms with van der Waals surface area (Å²) in [6.07, 6.45) is 3.81. The zero-order valence-corrected chi connectivity index (χ0v) is 19.3. The van der Waals surface area contributed by atoms with E-state index in [1.54, 1.807) is 25.3 Å². The molecule has 1 aliphatic carbocycles. The van der Waals surface area contributed by atoms with Crippen molar-refractivity contribution in [3.63, 3.8) is 0 Å². The SMILES string of the molecule is COc1cc(CNC(=O)c2cc(C3=NOC(c4c[nH]c(=O)c(C5CC5)c4)C3)nc(C)n2)ccc1F. The number of benzene rings is 1. The molecule has 2 aromatic heterocycles. The highest BCUT2D eigenvalue weighted by Crippen LogP contribution is 2.39. The number of hydrogen-bond acceptors (Lipinski definition) is 7. The lowest BCUT2D eigenvalue weighted by atomic mass is 10.0. The number of carbonyl (C=O) groups excluding carboxylic acids is 1. The van der Waals surface area contributed by atoms with Gasteiger partial charge < -0.3 is 19.9 Å². The Bertz CT molecular complexity index is 1380. The molecule has 2 N–H and O–H groups in total. The summed E-state index contributed by atoms with van der Waals surface area (Å²) in [7, 11) is 1.38. The molecule has 1 saturated carbocycles. The molecule has 5 rings (SSSR count). The summed E-state index contributed by atoms with van der Waals surface area (Å²) < 4.78 is 18.6. The maximum absolute atomic E-state index is 13.6. The molecule has 0 radical (unpaired) electrons. The molecule has 1 atom stereocenters. The van der Waals surface area contributed by atoms with Crippen molar-refractivity contribution in [1.29, 1.82) is 0 Å². The Morgan fingerprint density at radius 3 is 2.86 bits per heavy atom. The number of amides is 1. The third-order valence-electron chi connectivity index (χ3n) is 6.05. The standard InChI is InChI=1S/C25H24FN5O4/c1-13-29-19(9-21(30-13)25(33)27-11-14-3-6-18(26)23(7-14)34-2)20-10-22(35-31-20)16-8-17(15-4-5-15)24(32)28-12-16/h3,6-9,12,15,22H,4-5,10-11H2,1-2H3,(H,27,33)(H,28,32). The molecule has 3 heterocycles. The number of nitrogens with zero attached hydrogens (tertiary/aromatic N) is 3. The van der Waals surface area contributed by atoms with Gasteiger partial charge in [-0.15, -0.1) is 0 Å². The van der Waals surface area contributed by atoms with Gasteiger partial charge in [0, 0.05) is 30.3 Å². The monoisotopic (exact) mass is 477 g/mol. The van der Waals surface area contributed by atoms with Crippen molar-refractivity contribution in [3.8, 4) is 5.75 Å². The van der Waals surface area contributed by atoms with Crippen molar-refractivity contribution in [3.05, 3.63) is 86.6 Å². The molecule has 35 heavy (non-hydrogen) atoms. The van der Waals surface area contributed by atoms with Crippen LogP contribution in [0.25, 0.3) is 0 Å². The number of H-pyrrole nitrogens is 1. The minimum absolute atomic E-state index is 0.0588. The number of hydrogen-bond donors (Lipinski definition) is 2. The van der Waals surface area contributed by atoms with Crippen LogP contribution < -0.4 is 15.6 Å². The molecular weight excluding hydrogens is 453 g/mol. The van der Waals surface area contributed by atoms with Gasteiger partial charge in [-0.2, -0.15) is 0 Å². The summed E-state index contributed by atoms with van der Waals surface area (Å²) in [4.78, 5) is 42.0. The molecule has 0 bridgehead atoms. The third kappa shape index (κ3) is 4.91. The van der Waals surface area contributed by atoms with E-state index in [-0.39, 0.29) is 29.7 Å². The number of methoxy groups -OCH3 is 1. The molecule has 1 amide bonds. The van der Waals surface area contributed by atoms with E-state index in [2.05, 4.69) is 25.4 Å². The van der Waals surface area contributed by atoms with E-state index in [1.165, 1.54) is 19.2 Å². The first-order valence-corrected chi connectivity index (χ1v) is 11.3. The molecule has 0 spiro atoms. The van der Waals surface area contributed by atoms with Gasteiger partial charge in [-0.05, 0) is 55.5 Å². The van der Waals surface area contributed by atoms with E-state index in [0.29, 0.717) is 35.1 Å². The maximum Gasteiger partial charge on any atom is 0.270 e. The second kappa shape index (κ2) is 9.28. The quantitative estimate of drug-likeness (QED) is 0.539. The van der Waals surface area contributed by atoms with Crippen molar-refractivity contribution in [1.82, 2.24) is 20.3 Å². The summed E-state index contributed by atoms with van der Waals surface area (Å²) in [5.74, 6) is -0.0187. The average molecular weight is 477 g/mol. The molecule has 1 fully saturated rings. The van der Waals surface area contributed by atoms with Crippen LogP contribution in [0.5, 0.6) is 5.75 Å². The number of rotatable bonds is 7. The van der Waals surface area contributed by atoms with E-state index in [0.717, 1.165) is 24.0 Å². The molecule has 9 nitrogen and oxygen atoms in total. The molecule has 1 aromatic carbocycles. The molecular formula is C25H24FN5O4. The predicted octanol–water partition coefficient (Wildman–Crippen LogP) is 3.29. The number of carbonyl (C=O) groups is 1. The second-order valence-electron chi connectivity index (χ2n) is 8.67. The van der Waals surface area contributed by atoms with Crippen LogP contribution in [0.1, 0.15) is 70.0 Å². The lowest BCUT2D eigenvalue weighted by molar-refractivity contribution is 0.0854. The van der Waals surface area contributed by atoms with E-state index >= 15 is 0 Å². The molecule has 1 aliphatic heterocycles. The van der Waals surface area contributed by atoms with Gasteiger partial charge in [0.1, 0.15) is 17.2 Å². The lowest BCUT2D eigenvalue weighted by Gasteiger charge is -2.10. The first kappa shape index (κ1) is 22.7. The van der Waals surface area contributed by atoms with Crippen molar-refractivity contribution in [2.24, 2.45) is 5.16 Å². The van der Waals surface area contributed by atoms with Gasteiger partial charge in [-0.25, -0.2) is 14.4 Å². The van der Waals surface area contributed by atoms with Crippen LogP contribution >= 0.6 is 0 Å². The highest BCUT2D eigenvalue weighted by atomic mass is 19.1. The van der Waals surface area contributed by atoms with Gasteiger partial charge in [0.05, 0.1) is 12.8 Å². The number of aryl methyl sites for hydroxylation is 1. The van der Waals surface area contributed by atoms with Crippen LogP contribution in [0.4, 0.5) is 4.39 Å². The molecule has 180 valence electrons. The Hall–Kier alpha value is -4.08. The summed E-state index contributed by atoms with van der Waals surface area (Å²) in [6.45, 7) is 1.87. The fourth-order valence-electron chi connectivity index (χ4n) is 4.03. The third-order valence-corrected chi connectivity index (χ3v) is 6.05. The Labute approximate surface area is 200 Å². The van der Waals surface area contributed by atoms with Crippen LogP contribution in [0.3, 0.4) is 0 Å². The van der Waals surface area contributed by atoms with Crippen molar-refractivity contribution in [2.45, 2.75) is 44.8 Å². The smallest absolute Gasteiger partial charge is 0.270 e. The molecule has 3 aromatic rings. The van der Waals surface area contributed by atoms with Crippen LogP contribution in [-0.2, 0) is 11.4 Å². The summed E-state index contributed by atoms with van der Waals surface area (Å²) in [6, 6.07) is 7.86. The zero-order chi connectivity index (χ0) is 24.5. The van der Waals surface area contributed by atoms with Gasteiger partial charge in [-0.1, -0.05) is 11.2 Å². The number of halogens is 1. The van der Waals surface area contributed by atoms with Crippen LogP contribution in [0, 0.1) is 12.7 Å². The maximum atomic E-state index is 13.6. The normalized spacial score (nSPS) is 17.0. The van der Waals surface area contributed by atoms with E-state index in [4.69, 9.17) is 9.57 Å². The van der Waals surface area contributed by atoms with E-state index < -0.39 is 11.7 Å². The fourth-order valence-corrected chi connectivity index (χ4v) is 4.03. The van der Waals surface area contributed by atoms with Crippen molar-refractivity contribution >= 4 is 11.6 Å². The summed E-state index contributed by atoms with van der Waals surface area (Å²) in [5.41, 5.74) is 3.55. The zero-order valence-electron chi connectivity index (χ0n) is 19.3. The highest BCUT2D eigenvalue weighted by molar-refractivity contribution is 6.02.